The van der Waals surface area contributed by atoms with Gasteiger partial charge in [0.25, 0.3) is 0 Å². The minimum Gasteiger partial charge on any atom is -0.356 e. The fraction of sp³-hybridized carbons (Fsp3) is 0.556. The van der Waals surface area contributed by atoms with Gasteiger partial charge >= 0.3 is 0 Å². The molecule has 120 valence electrons. The zero-order chi connectivity index (χ0) is 15.9. The molecule has 0 aliphatic carbocycles. The average Bonchev–Trinajstić information content (AvgIpc) is 2.87. The van der Waals surface area contributed by atoms with Crippen molar-refractivity contribution in [1.82, 2.24) is 10.2 Å². The Kier molecular flexibility index (Phi) is 5.99. The van der Waals surface area contributed by atoms with E-state index in [0.29, 0.717) is 19.5 Å². The van der Waals surface area contributed by atoms with Crippen molar-refractivity contribution in [2.45, 2.75) is 46.1 Å². The molecular weight excluding hydrogens is 276 g/mol. The van der Waals surface area contributed by atoms with Gasteiger partial charge in [-0.05, 0) is 18.9 Å². The molecule has 1 atom stereocenters. The van der Waals surface area contributed by atoms with Gasteiger partial charge in [0, 0.05) is 26.1 Å². The molecular formula is C18H26N2O2. The molecule has 0 spiro atoms. The van der Waals surface area contributed by atoms with Crippen molar-refractivity contribution in [3.05, 3.63) is 35.4 Å². The smallest absolute Gasteiger partial charge is 0.225 e. The highest BCUT2D eigenvalue weighted by Crippen LogP contribution is 2.20. The highest BCUT2D eigenvalue weighted by Gasteiger charge is 2.33. The SMILES string of the molecule is CCCCCNC(=O)C1CC(=O)N(Cc2ccc(C)cc2)C1. The molecule has 4 heteroatoms. The van der Waals surface area contributed by atoms with Crippen LogP contribution < -0.4 is 5.32 Å². The Morgan fingerprint density at radius 3 is 2.68 bits per heavy atom. The molecule has 1 aliphatic rings. The number of nitrogens with zero attached hydrogens (tertiary/aromatic N) is 1. The van der Waals surface area contributed by atoms with Gasteiger partial charge in [-0.2, -0.15) is 0 Å². The molecule has 4 nitrogen and oxygen atoms in total. The molecule has 1 saturated heterocycles. The van der Waals surface area contributed by atoms with Crippen molar-refractivity contribution in [2.24, 2.45) is 5.92 Å². The van der Waals surface area contributed by atoms with Gasteiger partial charge in [0.15, 0.2) is 0 Å². The summed E-state index contributed by atoms with van der Waals surface area (Å²) >= 11 is 0. The zero-order valence-electron chi connectivity index (χ0n) is 13.6. The number of likely N-dealkylation sites (tertiary alicyclic amines) is 1. The monoisotopic (exact) mass is 302 g/mol. The van der Waals surface area contributed by atoms with Crippen LogP contribution in [-0.4, -0.2) is 29.8 Å². The highest BCUT2D eigenvalue weighted by atomic mass is 16.2. The second kappa shape index (κ2) is 7.97. The first-order chi connectivity index (χ1) is 10.6. The summed E-state index contributed by atoms with van der Waals surface area (Å²) in [6.45, 7) is 6.03. The van der Waals surface area contributed by atoms with Crippen molar-refractivity contribution < 1.29 is 9.59 Å². The lowest BCUT2D eigenvalue weighted by atomic mass is 10.1. The predicted molar refractivity (Wildman–Crippen MR) is 87.2 cm³/mol. The molecule has 0 aromatic heterocycles. The number of hydrogen-bond acceptors (Lipinski definition) is 2. The van der Waals surface area contributed by atoms with Gasteiger partial charge in [0.05, 0.1) is 5.92 Å². The average molecular weight is 302 g/mol. The Bertz CT molecular complexity index is 510. The maximum absolute atomic E-state index is 12.1. The van der Waals surface area contributed by atoms with Crippen molar-refractivity contribution in [3.8, 4) is 0 Å². The Balaban J connectivity index is 1.82. The molecule has 0 bridgehead atoms. The lowest BCUT2D eigenvalue weighted by molar-refractivity contribution is -0.129. The highest BCUT2D eigenvalue weighted by molar-refractivity contribution is 5.89. The van der Waals surface area contributed by atoms with Crippen LogP contribution in [0.3, 0.4) is 0 Å². The largest absolute Gasteiger partial charge is 0.356 e. The van der Waals surface area contributed by atoms with E-state index in [1.54, 1.807) is 4.90 Å². The second-order valence-corrected chi connectivity index (χ2v) is 6.16. The fourth-order valence-corrected chi connectivity index (χ4v) is 2.75. The Hall–Kier alpha value is -1.84. The summed E-state index contributed by atoms with van der Waals surface area (Å²) in [4.78, 5) is 26.0. The molecule has 0 radical (unpaired) electrons. The summed E-state index contributed by atoms with van der Waals surface area (Å²) in [5, 5.41) is 2.95. The van der Waals surface area contributed by atoms with E-state index in [9.17, 15) is 9.59 Å². The van der Waals surface area contributed by atoms with Gasteiger partial charge in [-0.3, -0.25) is 9.59 Å². The third kappa shape index (κ3) is 4.58. The third-order valence-corrected chi connectivity index (χ3v) is 4.16. The first-order valence-corrected chi connectivity index (χ1v) is 8.21. The van der Waals surface area contributed by atoms with Crippen molar-refractivity contribution >= 4 is 11.8 Å². The van der Waals surface area contributed by atoms with E-state index in [2.05, 4.69) is 12.2 Å². The zero-order valence-corrected chi connectivity index (χ0v) is 13.6. The first-order valence-electron chi connectivity index (χ1n) is 8.21. The van der Waals surface area contributed by atoms with Gasteiger partial charge < -0.3 is 10.2 Å². The third-order valence-electron chi connectivity index (χ3n) is 4.16. The number of amides is 2. The van der Waals surface area contributed by atoms with Gasteiger partial charge in [0.1, 0.15) is 0 Å². The lowest BCUT2D eigenvalue weighted by Gasteiger charge is -2.17. The maximum Gasteiger partial charge on any atom is 0.225 e. The van der Waals surface area contributed by atoms with E-state index in [1.165, 1.54) is 5.56 Å². The number of carbonyl (C=O) groups is 2. The summed E-state index contributed by atoms with van der Waals surface area (Å²) in [7, 11) is 0. The van der Waals surface area contributed by atoms with Gasteiger partial charge in [-0.1, -0.05) is 49.6 Å². The molecule has 1 aromatic carbocycles. The van der Waals surface area contributed by atoms with Crippen molar-refractivity contribution in [1.29, 1.82) is 0 Å². The van der Waals surface area contributed by atoms with Crippen LogP contribution in [-0.2, 0) is 16.1 Å². The van der Waals surface area contributed by atoms with E-state index in [0.717, 1.165) is 31.4 Å². The number of benzene rings is 1. The summed E-state index contributed by atoms with van der Waals surface area (Å²) in [6, 6.07) is 8.18. The summed E-state index contributed by atoms with van der Waals surface area (Å²) < 4.78 is 0. The molecule has 1 N–H and O–H groups in total. The van der Waals surface area contributed by atoms with Crippen molar-refractivity contribution in [3.63, 3.8) is 0 Å². The summed E-state index contributed by atoms with van der Waals surface area (Å²) in [5.74, 6) is -0.0929. The van der Waals surface area contributed by atoms with E-state index in [4.69, 9.17) is 0 Å². The van der Waals surface area contributed by atoms with Crippen LogP contribution in [0.25, 0.3) is 0 Å². The number of carbonyl (C=O) groups excluding carboxylic acids is 2. The molecule has 1 aliphatic heterocycles. The van der Waals surface area contributed by atoms with Crippen LogP contribution >= 0.6 is 0 Å². The Morgan fingerprint density at radius 1 is 1.27 bits per heavy atom. The van der Waals surface area contributed by atoms with Crippen LogP contribution in [0.1, 0.15) is 43.7 Å². The van der Waals surface area contributed by atoms with Crippen LogP contribution in [0.5, 0.6) is 0 Å². The van der Waals surface area contributed by atoms with E-state index in [-0.39, 0.29) is 17.7 Å². The molecule has 1 aromatic rings. The van der Waals surface area contributed by atoms with Crippen LogP contribution in [0.2, 0.25) is 0 Å². The topological polar surface area (TPSA) is 49.4 Å². The van der Waals surface area contributed by atoms with Gasteiger partial charge in [-0.25, -0.2) is 0 Å². The van der Waals surface area contributed by atoms with Crippen LogP contribution in [0, 0.1) is 12.8 Å². The Labute approximate surface area is 132 Å². The molecule has 1 fully saturated rings. The number of rotatable bonds is 7. The van der Waals surface area contributed by atoms with E-state index in [1.807, 2.05) is 31.2 Å². The van der Waals surface area contributed by atoms with E-state index >= 15 is 0 Å². The minimum absolute atomic E-state index is 0.0239. The minimum atomic E-state index is -0.195. The molecule has 2 rings (SSSR count). The van der Waals surface area contributed by atoms with Crippen LogP contribution in [0.15, 0.2) is 24.3 Å². The first kappa shape index (κ1) is 16.5. The van der Waals surface area contributed by atoms with Crippen molar-refractivity contribution in [2.75, 3.05) is 13.1 Å². The Morgan fingerprint density at radius 2 is 2.00 bits per heavy atom. The molecule has 22 heavy (non-hydrogen) atoms. The van der Waals surface area contributed by atoms with Gasteiger partial charge in [-0.15, -0.1) is 0 Å². The quantitative estimate of drug-likeness (QED) is 0.787. The maximum atomic E-state index is 12.1. The molecule has 0 saturated carbocycles. The predicted octanol–water partition coefficient (Wildman–Crippen LogP) is 2.65. The summed E-state index contributed by atoms with van der Waals surface area (Å²) in [5.41, 5.74) is 2.32. The number of unbranched alkanes of at least 4 members (excludes halogenated alkanes) is 2. The fourth-order valence-electron chi connectivity index (χ4n) is 2.75. The molecule has 2 amide bonds. The number of nitrogens with one attached hydrogen (secondary N) is 1. The number of aryl methyl sites for hydroxylation is 1. The van der Waals surface area contributed by atoms with Gasteiger partial charge in [0.2, 0.25) is 11.8 Å². The number of hydrogen-bond donors (Lipinski definition) is 1. The normalized spacial score (nSPS) is 17.8. The summed E-state index contributed by atoms with van der Waals surface area (Å²) in [6.07, 6.45) is 3.62. The lowest BCUT2D eigenvalue weighted by Crippen LogP contribution is -2.33. The van der Waals surface area contributed by atoms with Crippen LogP contribution in [0.4, 0.5) is 0 Å². The molecule has 1 heterocycles. The second-order valence-electron chi connectivity index (χ2n) is 6.16. The standard InChI is InChI=1S/C18H26N2O2/c1-3-4-5-10-19-18(22)16-11-17(21)20(13-16)12-15-8-6-14(2)7-9-15/h6-9,16H,3-5,10-13H2,1-2H3,(H,19,22). The molecule has 1 unspecified atom stereocenters. The van der Waals surface area contributed by atoms with E-state index < -0.39 is 0 Å².